The third kappa shape index (κ3) is 2.25. The van der Waals surface area contributed by atoms with Gasteiger partial charge in [-0.05, 0) is 17.7 Å². The van der Waals surface area contributed by atoms with Gasteiger partial charge >= 0.3 is 0 Å². The fraction of sp³-hybridized carbons (Fsp3) is 0.273. The van der Waals surface area contributed by atoms with Gasteiger partial charge < -0.3 is 0 Å². The van der Waals surface area contributed by atoms with Gasteiger partial charge in [-0.3, -0.25) is 9.98 Å². The molecular weight excluding hydrogens is 160 g/mol. The average molecular weight is 174 g/mol. The molecule has 0 aliphatic carbocycles. The third-order valence-corrected chi connectivity index (χ3v) is 2.10. The molecule has 1 heterocycles. The van der Waals surface area contributed by atoms with Crippen LogP contribution in [-0.4, -0.2) is 17.7 Å². The zero-order valence-corrected chi connectivity index (χ0v) is 8.07. The van der Waals surface area contributed by atoms with Crippen LogP contribution < -0.4 is 0 Å². The molecule has 0 aliphatic rings. The normalized spacial score (nSPS) is 13.8. The summed E-state index contributed by atoms with van der Waals surface area (Å²) in [5.74, 6) is 0.274. The number of hydrogen-bond acceptors (Lipinski definition) is 2. The van der Waals surface area contributed by atoms with E-state index in [1.54, 1.807) is 19.3 Å². The van der Waals surface area contributed by atoms with Crippen LogP contribution >= 0.6 is 0 Å². The van der Waals surface area contributed by atoms with E-state index in [0.29, 0.717) is 0 Å². The Morgan fingerprint density at radius 1 is 1.69 bits per heavy atom. The summed E-state index contributed by atoms with van der Waals surface area (Å²) in [4.78, 5) is 8.22. The molecule has 0 fully saturated rings. The summed E-state index contributed by atoms with van der Waals surface area (Å²) in [7, 11) is 1.78. The third-order valence-electron chi connectivity index (χ3n) is 2.10. The summed E-state index contributed by atoms with van der Waals surface area (Å²) in [5, 5.41) is 0. The Kier molecular flexibility index (Phi) is 3.38. The van der Waals surface area contributed by atoms with Gasteiger partial charge in [-0.15, -0.1) is 0 Å². The van der Waals surface area contributed by atoms with E-state index in [1.807, 2.05) is 18.3 Å². The van der Waals surface area contributed by atoms with E-state index in [1.165, 1.54) is 5.56 Å². The number of allylic oxidation sites excluding steroid dienone is 1. The first-order valence-electron chi connectivity index (χ1n) is 4.28. The lowest BCUT2D eigenvalue weighted by molar-refractivity contribution is 1.00. The monoisotopic (exact) mass is 174 g/mol. The second kappa shape index (κ2) is 4.55. The van der Waals surface area contributed by atoms with Crippen LogP contribution in [0.1, 0.15) is 18.4 Å². The lowest BCUT2D eigenvalue weighted by atomic mass is 9.98. The summed E-state index contributed by atoms with van der Waals surface area (Å²) in [6.07, 6.45) is 5.42. The largest absolute Gasteiger partial charge is 0.292 e. The van der Waals surface area contributed by atoms with Crippen molar-refractivity contribution in [3.63, 3.8) is 0 Å². The number of pyridine rings is 1. The Morgan fingerprint density at radius 3 is 2.92 bits per heavy atom. The minimum Gasteiger partial charge on any atom is -0.292 e. The lowest BCUT2D eigenvalue weighted by Crippen LogP contribution is -2.06. The van der Waals surface area contributed by atoms with Crippen molar-refractivity contribution in [1.82, 2.24) is 4.98 Å². The Balaban J connectivity index is 2.91. The molecule has 0 radical (unpaired) electrons. The van der Waals surface area contributed by atoms with E-state index in [0.717, 1.165) is 5.71 Å². The quantitative estimate of drug-likeness (QED) is 0.646. The molecule has 1 atom stereocenters. The van der Waals surface area contributed by atoms with Crippen molar-refractivity contribution in [2.75, 3.05) is 7.05 Å². The zero-order chi connectivity index (χ0) is 9.68. The number of aromatic nitrogens is 1. The van der Waals surface area contributed by atoms with E-state index < -0.39 is 0 Å². The highest BCUT2D eigenvalue weighted by Crippen LogP contribution is 2.15. The highest BCUT2D eigenvalue weighted by Gasteiger charge is 2.08. The van der Waals surface area contributed by atoms with E-state index in [2.05, 4.69) is 23.5 Å². The van der Waals surface area contributed by atoms with Crippen LogP contribution in [0.25, 0.3) is 0 Å². The summed E-state index contributed by atoms with van der Waals surface area (Å²) >= 11 is 0. The van der Waals surface area contributed by atoms with Crippen LogP contribution in [0.5, 0.6) is 0 Å². The highest BCUT2D eigenvalue weighted by molar-refractivity contribution is 5.99. The number of hydrogen-bond donors (Lipinski definition) is 0. The molecule has 0 saturated carbocycles. The molecule has 0 spiro atoms. The van der Waals surface area contributed by atoms with Crippen LogP contribution in [0, 0.1) is 0 Å². The van der Waals surface area contributed by atoms with Crippen LogP contribution in [0.2, 0.25) is 0 Å². The maximum atomic E-state index is 4.15. The SMILES string of the molecule is C=CC(=NC)C(C)c1cccnc1. The number of nitrogens with zero attached hydrogens (tertiary/aromatic N) is 2. The van der Waals surface area contributed by atoms with E-state index in [9.17, 15) is 0 Å². The van der Waals surface area contributed by atoms with Crippen LogP contribution in [0.3, 0.4) is 0 Å². The highest BCUT2D eigenvalue weighted by atomic mass is 14.7. The standard InChI is InChI=1S/C11H14N2/c1-4-11(12-3)9(2)10-6-5-7-13-8-10/h4-9H,1H2,2-3H3. The molecule has 0 N–H and O–H groups in total. The first-order chi connectivity index (χ1) is 6.29. The van der Waals surface area contributed by atoms with Crippen molar-refractivity contribution in [1.29, 1.82) is 0 Å². The minimum atomic E-state index is 0.274. The van der Waals surface area contributed by atoms with E-state index >= 15 is 0 Å². The van der Waals surface area contributed by atoms with Gasteiger partial charge in [-0.1, -0.05) is 19.6 Å². The maximum Gasteiger partial charge on any atom is 0.0411 e. The maximum absolute atomic E-state index is 4.15. The fourth-order valence-corrected chi connectivity index (χ4v) is 1.26. The molecule has 0 aromatic carbocycles. The van der Waals surface area contributed by atoms with Gasteiger partial charge in [0.1, 0.15) is 0 Å². The second-order valence-corrected chi connectivity index (χ2v) is 2.86. The Bertz CT molecular complexity index is 301. The van der Waals surface area contributed by atoms with Gasteiger partial charge in [-0.2, -0.15) is 0 Å². The second-order valence-electron chi connectivity index (χ2n) is 2.86. The zero-order valence-electron chi connectivity index (χ0n) is 8.07. The average Bonchev–Trinajstić information content (AvgIpc) is 2.21. The molecule has 0 amide bonds. The molecule has 1 unspecified atom stereocenters. The predicted molar refractivity (Wildman–Crippen MR) is 56.2 cm³/mol. The first kappa shape index (κ1) is 9.65. The molecular formula is C11H14N2. The summed E-state index contributed by atoms with van der Waals surface area (Å²) in [6.45, 7) is 5.83. The molecule has 0 saturated heterocycles. The van der Waals surface area contributed by atoms with E-state index in [-0.39, 0.29) is 5.92 Å². The summed E-state index contributed by atoms with van der Waals surface area (Å²) in [6, 6.07) is 3.98. The number of rotatable bonds is 3. The Labute approximate surface area is 79.0 Å². The van der Waals surface area contributed by atoms with Gasteiger partial charge in [0.2, 0.25) is 0 Å². The lowest BCUT2D eigenvalue weighted by Gasteiger charge is -2.10. The van der Waals surface area contributed by atoms with Gasteiger partial charge in [0, 0.05) is 31.1 Å². The Hall–Kier alpha value is -1.44. The first-order valence-corrected chi connectivity index (χ1v) is 4.28. The van der Waals surface area contributed by atoms with Crippen LogP contribution in [-0.2, 0) is 0 Å². The predicted octanol–water partition coefficient (Wildman–Crippen LogP) is 2.44. The van der Waals surface area contributed by atoms with Crippen LogP contribution in [0.15, 0.2) is 42.2 Å². The number of aliphatic imine (C=N–C) groups is 1. The van der Waals surface area contributed by atoms with Crippen molar-refractivity contribution < 1.29 is 0 Å². The van der Waals surface area contributed by atoms with Crippen molar-refractivity contribution in [2.24, 2.45) is 4.99 Å². The smallest absolute Gasteiger partial charge is 0.0411 e. The van der Waals surface area contributed by atoms with Gasteiger partial charge in [0.25, 0.3) is 0 Å². The van der Waals surface area contributed by atoms with Gasteiger partial charge in [0.15, 0.2) is 0 Å². The van der Waals surface area contributed by atoms with Crippen molar-refractivity contribution in [3.05, 3.63) is 42.7 Å². The molecule has 0 aliphatic heterocycles. The molecule has 13 heavy (non-hydrogen) atoms. The van der Waals surface area contributed by atoms with Crippen LogP contribution in [0.4, 0.5) is 0 Å². The van der Waals surface area contributed by atoms with E-state index in [4.69, 9.17) is 0 Å². The fourth-order valence-electron chi connectivity index (χ4n) is 1.26. The van der Waals surface area contributed by atoms with Gasteiger partial charge in [-0.25, -0.2) is 0 Å². The molecule has 1 aromatic rings. The van der Waals surface area contributed by atoms with Crippen molar-refractivity contribution in [3.8, 4) is 0 Å². The van der Waals surface area contributed by atoms with Gasteiger partial charge in [0.05, 0.1) is 0 Å². The molecule has 1 aromatic heterocycles. The van der Waals surface area contributed by atoms with Crippen molar-refractivity contribution in [2.45, 2.75) is 12.8 Å². The minimum absolute atomic E-state index is 0.274. The molecule has 68 valence electrons. The molecule has 2 nitrogen and oxygen atoms in total. The molecule has 2 heteroatoms. The topological polar surface area (TPSA) is 25.2 Å². The Morgan fingerprint density at radius 2 is 2.46 bits per heavy atom. The summed E-state index contributed by atoms with van der Waals surface area (Å²) < 4.78 is 0. The molecule has 1 rings (SSSR count). The van der Waals surface area contributed by atoms with Crippen molar-refractivity contribution >= 4 is 5.71 Å². The summed E-state index contributed by atoms with van der Waals surface area (Å²) in [5.41, 5.74) is 2.16. The molecule has 0 bridgehead atoms.